The van der Waals surface area contributed by atoms with E-state index in [0.717, 1.165) is 44.9 Å². The van der Waals surface area contributed by atoms with Crippen molar-refractivity contribution in [1.29, 1.82) is 0 Å². The van der Waals surface area contributed by atoms with E-state index < -0.39 is 11.9 Å². The minimum Gasteiger partial charge on any atom is -0.481 e. The first kappa shape index (κ1) is 27.6. The van der Waals surface area contributed by atoms with Crippen LogP contribution in [0.4, 0.5) is 0 Å². The van der Waals surface area contributed by atoms with Gasteiger partial charge in [-0.25, -0.2) is 0 Å². The van der Waals surface area contributed by atoms with Crippen molar-refractivity contribution in [3.8, 4) is 11.1 Å². The number of rotatable bonds is 16. The maximum absolute atomic E-state index is 10.3. The van der Waals surface area contributed by atoms with Gasteiger partial charge in [-0.3, -0.25) is 9.59 Å². The zero-order chi connectivity index (χ0) is 24.4. The predicted octanol–water partition coefficient (Wildman–Crippen LogP) is 8.26. The molecule has 0 heterocycles. The van der Waals surface area contributed by atoms with E-state index in [2.05, 4.69) is 48.5 Å². The number of benzene rings is 2. The summed E-state index contributed by atoms with van der Waals surface area (Å²) in [5.41, 5.74) is 5.75. The number of carboxylic acid groups (broad SMARTS) is 2. The molecule has 2 aromatic carbocycles. The van der Waals surface area contributed by atoms with Crippen molar-refractivity contribution in [3.63, 3.8) is 0 Å². The van der Waals surface area contributed by atoms with E-state index in [1.54, 1.807) is 0 Å². The fourth-order valence-corrected chi connectivity index (χ4v) is 4.58. The second kappa shape index (κ2) is 16.9. The third kappa shape index (κ3) is 11.5. The number of carbonyl (C=O) groups is 2. The quantitative estimate of drug-likeness (QED) is 0.208. The Kier molecular flexibility index (Phi) is 13.7. The van der Waals surface area contributed by atoms with Crippen LogP contribution in [-0.2, 0) is 16.0 Å². The van der Waals surface area contributed by atoms with Crippen LogP contribution in [0.5, 0.6) is 0 Å². The second-order valence-electron chi connectivity index (χ2n) is 9.37. The molecule has 4 nitrogen and oxygen atoms in total. The van der Waals surface area contributed by atoms with Crippen LogP contribution >= 0.6 is 0 Å². The zero-order valence-corrected chi connectivity index (χ0v) is 20.6. The molecule has 2 aromatic rings. The molecule has 0 amide bonds. The van der Waals surface area contributed by atoms with E-state index in [1.807, 2.05) is 0 Å². The molecule has 1 aliphatic rings. The monoisotopic (exact) mass is 466 g/mol. The van der Waals surface area contributed by atoms with Gasteiger partial charge in [-0.2, -0.15) is 0 Å². The topological polar surface area (TPSA) is 74.6 Å². The average Bonchev–Trinajstić information content (AvgIpc) is 3.20. The van der Waals surface area contributed by atoms with Gasteiger partial charge in [0.15, 0.2) is 0 Å². The van der Waals surface area contributed by atoms with Crippen molar-refractivity contribution in [2.75, 3.05) is 0 Å². The molecular formula is C30H42O4. The van der Waals surface area contributed by atoms with E-state index >= 15 is 0 Å². The lowest BCUT2D eigenvalue weighted by molar-refractivity contribution is -0.138. The van der Waals surface area contributed by atoms with Gasteiger partial charge in [-0.05, 0) is 41.5 Å². The first-order valence-electron chi connectivity index (χ1n) is 13.2. The summed E-state index contributed by atoms with van der Waals surface area (Å²) in [5.74, 6) is -1.36. The number of aliphatic carboxylic acids is 2. The Hall–Kier alpha value is -2.62. The maximum Gasteiger partial charge on any atom is 0.303 e. The molecular weight excluding hydrogens is 424 g/mol. The molecule has 0 aliphatic heterocycles. The molecule has 0 radical (unpaired) electrons. The highest BCUT2D eigenvalue weighted by atomic mass is 16.4. The molecule has 0 fully saturated rings. The number of carboxylic acids is 2. The lowest BCUT2D eigenvalue weighted by atomic mass is 10.0. The van der Waals surface area contributed by atoms with Gasteiger partial charge >= 0.3 is 11.9 Å². The number of fused-ring (bicyclic) bond motifs is 3. The van der Waals surface area contributed by atoms with Crippen LogP contribution in [0.1, 0.15) is 107 Å². The standard InChI is InChI=1S/C17H32O4.C13H10/c18-16(19)14-12-10-8-6-4-2-1-3-5-7-9-11-13-15-17(20)21;1-3-7-12-10(5-1)9-11-6-2-4-8-13(11)12/h1-15H2,(H,18,19)(H,20,21);1-8H,9H2. The van der Waals surface area contributed by atoms with E-state index in [9.17, 15) is 9.59 Å². The van der Waals surface area contributed by atoms with Gasteiger partial charge in [0.05, 0.1) is 0 Å². The van der Waals surface area contributed by atoms with Crippen molar-refractivity contribution in [2.45, 2.75) is 103 Å². The highest BCUT2D eigenvalue weighted by molar-refractivity contribution is 5.76. The first-order valence-corrected chi connectivity index (χ1v) is 13.2. The van der Waals surface area contributed by atoms with Crippen LogP contribution < -0.4 is 0 Å². The summed E-state index contributed by atoms with van der Waals surface area (Å²) in [6.07, 6.45) is 16.7. The van der Waals surface area contributed by atoms with Crippen LogP contribution in [0.25, 0.3) is 11.1 Å². The summed E-state index contributed by atoms with van der Waals surface area (Å²) in [4.78, 5) is 20.6. The highest BCUT2D eigenvalue weighted by Gasteiger charge is 2.15. The Balaban J connectivity index is 0.000000263. The van der Waals surface area contributed by atoms with Crippen molar-refractivity contribution >= 4 is 11.9 Å². The molecule has 0 unspecified atom stereocenters. The average molecular weight is 467 g/mol. The van der Waals surface area contributed by atoms with Gasteiger partial charge in [0.1, 0.15) is 0 Å². The molecule has 1 aliphatic carbocycles. The molecule has 186 valence electrons. The van der Waals surface area contributed by atoms with Crippen LogP contribution in [0, 0.1) is 0 Å². The number of hydrogen-bond donors (Lipinski definition) is 2. The number of hydrogen-bond acceptors (Lipinski definition) is 2. The maximum atomic E-state index is 10.3. The largest absolute Gasteiger partial charge is 0.481 e. The van der Waals surface area contributed by atoms with Gasteiger partial charge in [-0.1, -0.05) is 119 Å². The summed E-state index contributed by atoms with van der Waals surface area (Å²) < 4.78 is 0. The van der Waals surface area contributed by atoms with Crippen LogP contribution in [-0.4, -0.2) is 22.2 Å². The first-order chi connectivity index (χ1) is 16.6. The highest BCUT2D eigenvalue weighted by Crippen LogP contribution is 2.35. The normalized spacial score (nSPS) is 11.3. The molecule has 0 saturated heterocycles. The third-order valence-corrected chi connectivity index (χ3v) is 6.49. The Morgan fingerprint density at radius 3 is 1.12 bits per heavy atom. The summed E-state index contributed by atoms with van der Waals surface area (Å²) in [6, 6.07) is 17.3. The van der Waals surface area contributed by atoms with Crippen molar-refractivity contribution < 1.29 is 19.8 Å². The molecule has 34 heavy (non-hydrogen) atoms. The van der Waals surface area contributed by atoms with Crippen LogP contribution in [0.2, 0.25) is 0 Å². The van der Waals surface area contributed by atoms with E-state index in [4.69, 9.17) is 10.2 Å². The molecule has 0 atom stereocenters. The zero-order valence-electron chi connectivity index (χ0n) is 20.6. The molecule has 0 spiro atoms. The van der Waals surface area contributed by atoms with Crippen molar-refractivity contribution in [1.82, 2.24) is 0 Å². The lowest BCUT2D eigenvalue weighted by Crippen LogP contribution is -1.93. The van der Waals surface area contributed by atoms with Crippen molar-refractivity contribution in [2.24, 2.45) is 0 Å². The van der Waals surface area contributed by atoms with Gasteiger partial charge < -0.3 is 10.2 Å². The summed E-state index contributed by atoms with van der Waals surface area (Å²) >= 11 is 0. The summed E-state index contributed by atoms with van der Waals surface area (Å²) in [5, 5.41) is 17.0. The molecule has 3 rings (SSSR count). The van der Waals surface area contributed by atoms with E-state index in [0.29, 0.717) is 12.8 Å². The van der Waals surface area contributed by atoms with Gasteiger partial charge in [0.2, 0.25) is 0 Å². The Labute approximate surface area is 205 Å². The Morgan fingerprint density at radius 1 is 0.500 bits per heavy atom. The van der Waals surface area contributed by atoms with E-state index in [1.165, 1.54) is 67.2 Å². The smallest absolute Gasteiger partial charge is 0.303 e. The number of unbranched alkanes of at least 4 members (excludes halogenated alkanes) is 12. The van der Waals surface area contributed by atoms with Crippen LogP contribution in [0.3, 0.4) is 0 Å². The van der Waals surface area contributed by atoms with Crippen LogP contribution in [0.15, 0.2) is 48.5 Å². The molecule has 4 heteroatoms. The minimum atomic E-state index is -0.682. The molecule has 0 aromatic heterocycles. The predicted molar refractivity (Wildman–Crippen MR) is 139 cm³/mol. The second-order valence-corrected chi connectivity index (χ2v) is 9.37. The fraction of sp³-hybridized carbons (Fsp3) is 0.533. The van der Waals surface area contributed by atoms with Gasteiger partial charge in [0.25, 0.3) is 0 Å². The lowest BCUT2D eigenvalue weighted by Gasteiger charge is -2.02. The Bertz CT molecular complexity index is 789. The van der Waals surface area contributed by atoms with Gasteiger partial charge in [0, 0.05) is 12.8 Å². The van der Waals surface area contributed by atoms with E-state index in [-0.39, 0.29) is 0 Å². The molecule has 2 N–H and O–H groups in total. The summed E-state index contributed by atoms with van der Waals surface area (Å²) in [7, 11) is 0. The molecule has 0 bridgehead atoms. The molecule has 0 saturated carbocycles. The minimum absolute atomic E-state index is 0.312. The SMILES string of the molecule is O=C(O)CCCCCCCCCCCCCCCC(=O)O.c1ccc2c(c1)Cc1ccccc1-2. The summed E-state index contributed by atoms with van der Waals surface area (Å²) in [6.45, 7) is 0. The fourth-order valence-electron chi connectivity index (χ4n) is 4.58. The Morgan fingerprint density at radius 2 is 0.794 bits per heavy atom. The van der Waals surface area contributed by atoms with Crippen molar-refractivity contribution in [3.05, 3.63) is 59.7 Å². The van der Waals surface area contributed by atoms with Gasteiger partial charge in [-0.15, -0.1) is 0 Å². The third-order valence-electron chi connectivity index (χ3n) is 6.49.